The lowest BCUT2D eigenvalue weighted by atomic mass is 9.91. The summed E-state index contributed by atoms with van der Waals surface area (Å²) < 4.78 is 45.3. The van der Waals surface area contributed by atoms with Crippen molar-refractivity contribution in [3.8, 4) is 22.8 Å². The largest absolute Gasteiger partial charge is 0.497 e. The molecule has 3 fully saturated rings. The third-order valence-electron chi connectivity index (χ3n) is 10.9. The number of aromatic nitrogens is 1. The van der Waals surface area contributed by atoms with Crippen molar-refractivity contribution in [2.75, 3.05) is 13.7 Å². The first kappa shape index (κ1) is 43.6. The number of nitrogens with one attached hydrogen (secondary N) is 3. The summed E-state index contributed by atoms with van der Waals surface area (Å²) in [5.41, 5.74) is -0.897. The molecule has 3 aromatic rings. The molecule has 16 nitrogen and oxygen atoms in total. The van der Waals surface area contributed by atoms with Gasteiger partial charge in [0.2, 0.25) is 21.8 Å². The second-order valence-corrected chi connectivity index (χ2v) is 18.3. The Hall–Kier alpha value is -5.97. The number of aliphatic carboxylic acids is 1. The molecule has 2 aromatic carbocycles. The number of methoxy groups -OCH3 is 1. The lowest BCUT2D eigenvalue weighted by Gasteiger charge is -2.33. The van der Waals surface area contributed by atoms with Gasteiger partial charge in [-0.15, -0.1) is 6.58 Å². The van der Waals surface area contributed by atoms with Crippen LogP contribution in [0, 0.1) is 11.8 Å². The van der Waals surface area contributed by atoms with E-state index in [4.69, 9.17) is 19.2 Å². The molecule has 1 saturated heterocycles. The summed E-state index contributed by atoms with van der Waals surface area (Å²) in [5.74, 6) is -4.64. The predicted molar refractivity (Wildman–Crippen MR) is 221 cm³/mol. The van der Waals surface area contributed by atoms with Crippen molar-refractivity contribution in [2.24, 2.45) is 11.8 Å². The Kier molecular flexibility index (Phi) is 12.3. The summed E-state index contributed by atoms with van der Waals surface area (Å²) in [6.45, 7) is 11.4. The number of likely N-dealkylation sites (tertiary alicyclic amines) is 1. The molecule has 2 aliphatic carbocycles. The van der Waals surface area contributed by atoms with Crippen molar-refractivity contribution in [1.29, 1.82) is 0 Å². The van der Waals surface area contributed by atoms with Crippen molar-refractivity contribution >= 4 is 50.7 Å². The molecule has 0 radical (unpaired) electrons. The summed E-state index contributed by atoms with van der Waals surface area (Å²) in [5, 5.41) is 15.3. The third-order valence-corrected chi connectivity index (χ3v) is 12.7. The SMILES string of the molecule is C=CC1CC1(NC(=O)[C@@H]1C[C@@H](Oc2cc(-c3ccccc3)nc3cc(OC)ccc23)CN1C(=O)[C@@H](NC(=O)OC(C)(C)C)[C@H](C)/C(=C\C)C(=O)O)C(=O)NS(=O)(=O)C1CC1. The first-order chi connectivity index (χ1) is 28.3. The molecule has 60 heavy (non-hydrogen) atoms. The number of carbonyl (C=O) groups is 5. The average molecular weight is 846 g/mol. The third kappa shape index (κ3) is 9.40. The molecule has 2 heterocycles. The number of hydrogen-bond donors (Lipinski definition) is 4. The Morgan fingerprint density at radius 1 is 1.07 bits per heavy atom. The van der Waals surface area contributed by atoms with E-state index in [-0.39, 0.29) is 25.0 Å². The number of carbonyl (C=O) groups excluding carboxylic acids is 4. The van der Waals surface area contributed by atoms with Crippen LogP contribution in [-0.4, -0.2) is 101 Å². The average Bonchev–Trinajstić information content (AvgIpc) is 4.13. The van der Waals surface area contributed by atoms with Gasteiger partial charge in [0, 0.05) is 46.9 Å². The highest BCUT2D eigenvalue weighted by molar-refractivity contribution is 7.91. The number of rotatable bonds is 15. The highest BCUT2D eigenvalue weighted by atomic mass is 32.2. The fraction of sp³-hybridized carbons (Fsp3) is 0.442. The molecule has 2 unspecified atom stereocenters. The highest BCUT2D eigenvalue weighted by Crippen LogP contribution is 2.46. The van der Waals surface area contributed by atoms with E-state index in [9.17, 15) is 37.5 Å². The van der Waals surface area contributed by atoms with Crippen LogP contribution in [-0.2, 0) is 33.9 Å². The van der Waals surface area contributed by atoms with Crippen molar-refractivity contribution in [1.82, 2.24) is 25.2 Å². The number of pyridine rings is 1. The Morgan fingerprint density at radius 3 is 2.35 bits per heavy atom. The van der Waals surface area contributed by atoms with Gasteiger partial charge in [-0.05, 0) is 59.1 Å². The molecule has 17 heteroatoms. The molecule has 3 aliphatic rings. The molecule has 6 rings (SSSR count). The summed E-state index contributed by atoms with van der Waals surface area (Å²) in [4.78, 5) is 74.7. The van der Waals surface area contributed by atoms with Gasteiger partial charge in [-0.2, -0.15) is 0 Å². The van der Waals surface area contributed by atoms with Crippen LogP contribution in [0.4, 0.5) is 4.79 Å². The molecule has 6 atom stereocenters. The maximum Gasteiger partial charge on any atom is 0.408 e. The number of ether oxygens (including phenoxy) is 3. The Labute approximate surface area is 348 Å². The molecule has 320 valence electrons. The fourth-order valence-corrected chi connectivity index (χ4v) is 8.87. The number of sulfonamides is 1. The number of amides is 4. The van der Waals surface area contributed by atoms with Crippen molar-refractivity contribution in [3.05, 3.63) is 78.9 Å². The lowest BCUT2D eigenvalue weighted by molar-refractivity contribution is -0.142. The van der Waals surface area contributed by atoms with Gasteiger partial charge in [-0.1, -0.05) is 49.4 Å². The molecule has 0 bridgehead atoms. The molecule has 4 amide bonds. The van der Waals surface area contributed by atoms with Crippen LogP contribution < -0.4 is 24.8 Å². The van der Waals surface area contributed by atoms with Gasteiger partial charge in [0.1, 0.15) is 40.8 Å². The Morgan fingerprint density at radius 2 is 1.77 bits per heavy atom. The molecule has 1 aliphatic heterocycles. The molecule has 0 spiro atoms. The maximum atomic E-state index is 14.9. The van der Waals surface area contributed by atoms with Crippen LogP contribution in [0.5, 0.6) is 11.5 Å². The predicted octanol–water partition coefficient (Wildman–Crippen LogP) is 4.49. The zero-order valence-corrected chi connectivity index (χ0v) is 35.2. The Bertz CT molecular complexity index is 2340. The minimum Gasteiger partial charge on any atom is -0.497 e. The molecular formula is C43H51N5O11S. The number of carboxylic acid groups (broad SMARTS) is 1. The number of nitrogens with zero attached hydrogens (tertiary/aromatic N) is 2. The number of benzene rings is 2. The van der Waals surface area contributed by atoms with E-state index < -0.39 is 86.2 Å². The van der Waals surface area contributed by atoms with Crippen LogP contribution in [0.1, 0.15) is 60.3 Å². The van der Waals surface area contributed by atoms with Gasteiger partial charge in [0.05, 0.1) is 30.1 Å². The summed E-state index contributed by atoms with van der Waals surface area (Å²) in [7, 11) is -2.44. The zero-order valence-electron chi connectivity index (χ0n) is 34.4. The van der Waals surface area contributed by atoms with Crippen molar-refractivity contribution < 1.29 is 51.7 Å². The number of fused-ring (bicyclic) bond motifs is 1. The Balaban J connectivity index is 1.38. The molecule has 2 saturated carbocycles. The van der Waals surface area contributed by atoms with Crippen LogP contribution in [0.25, 0.3) is 22.2 Å². The second kappa shape index (κ2) is 17.0. The van der Waals surface area contributed by atoms with Gasteiger partial charge >= 0.3 is 12.1 Å². The second-order valence-electron chi connectivity index (χ2n) is 16.4. The normalized spacial score (nSPS) is 22.5. The van der Waals surface area contributed by atoms with Crippen LogP contribution in [0.3, 0.4) is 0 Å². The first-order valence-electron chi connectivity index (χ1n) is 19.7. The van der Waals surface area contributed by atoms with E-state index in [0.29, 0.717) is 40.9 Å². The number of hydrogen-bond acceptors (Lipinski definition) is 11. The zero-order chi connectivity index (χ0) is 43.7. The standard InChI is InChI=1S/C43H51N5O11S/c1-8-26-22-43(26,40(53)47-60(55,56)29-16-17-29)46-37(49)34-20-28(23-48(34)38(50)36(24(3)30(9-2)39(51)52)45-41(54)59-42(4,5)6)58-35-21-32(25-13-11-10-12-14-25)44-33-19-27(57-7)15-18-31(33)35/h8-15,18-19,21,24,26,28-29,34,36H,1,16-17,20,22-23H2,2-7H3,(H,45,54)(H,46,49)(H,47,53)(H,51,52)/b30-9+/t24-,26?,28-,34+,36+,43?/m1/s1. The van der Waals surface area contributed by atoms with E-state index in [0.717, 1.165) is 5.56 Å². The molecule has 1 aromatic heterocycles. The number of carboxylic acids is 1. The van der Waals surface area contributed by atoms with E-state index in [2.05, 4.69) is 21.9 Å². The van der Waals surface area contributed by atoms with Gasteiger partial charge in [0.15, 0.2) is 0 Å². The fourth-order valence-electron chi connectivity index (χ4n) is 7.51. The van der Waals surface area contributed by atoms with Gasteiger partial charge in [0.25, 0.3) is 5.91 Å². The topological polar surface area (TPSA) is 220 Å². The summed E-state index contributed by atoms with van der Waals surface area (Å²) in [6, 6.07) is 13.5. The van der Waals surface area contributed by atoms with Gasteiger partial charge < -0.3 is 34.9 Å². The number of allylic oxidation sites excluding steroid dienone is 1. The van der Waals surface area contributed by atoms with E-state index in [1.54, 1.807) is 45.0 Å². The summed E-state index contributed by atoms with van der Waals surface area (Å²) in [6.07, 6.45) is 1.68. The smallest absolute Gasteiger partial charge is 0.408 e. The van der Waals surface area contributed by atoms with Crippen LogP contribution in [0.15, 0.2) is 78.9 Å². The summed E-state index contributed by atoms with van der Waals surface area (Å²) >= 11 is 0. The van der Waals surface area contributed by atoms with Crippen molar-refractivity contribution in [3.63, 3.8) is 0 Å². The quantitative estimate of drug-likeness (QED) is 0.123. The van der Waals surface area contributed by atoms with Gasteiger partial charge in [-0.25, -0.2) is 23.0 Å². The van der Waals surface area contributed by atoms with Gasteiger partial charge in [-0.3, -0.25) is 19.1 Å². The minimum absolute atomic E-state index is 0.0622. The number of alkyl carbamates (subject to hydrolysis) is 1. The van der Waals surface area contributed by atoms with E-state index >= 15 is 0 Å². The lowest BCUT2D eigenvalue weighted by Crippen LogP contribution is -2.59. The van der Waals surface area contributed by atoms with E-state index in [1.807, 2.05) is 30.3 Å². The van der Waals surface area contributed by atoms with E-state index in [1.165, 1.54) is 38.0 Å². The maximum absolute atomic E-state index is 14.9. The van der Waals surface area contributed by atoms with Crippen molar-refractivity contribution in [2.45, 2.75) is 94.9 Å². The van der Waals surface area contributed by atoms with Crippen LogP contribution in [0.2, 0.25) is 0 Å². The van der Waals surface area contributed by atoms with Crippen LogP contribution >= 0.6 is 0 Å². The monoisotopic (exact) mass is 845 g/mol. The molecular weight excluding hydrogens is 795 g/mol. The first-order valence-corrected chi connectivity index (χ1v) is 21.3. The minimum atomic E-state index is -3.98. The highest BCUT2D eigenvalue weighted by Gasteiger charge is 2.62. The molecule has 4 N–H and O–H groups in total.